The Hall–Kier alpha value is -4.45. The number of carbonyl (C=O) groups is 2. The predicted molar refractivity (Wildman–Crippen MR) is 146 cm³/mol. The zero-order valence-corrected chi connectivity index (χ0v) is 23.5. The molecule has 0 saturated carbocycles. The van der Waals surface area contributed by atoms with Crippen molar-refractivity contribution < 1.29 is 28.2 Å². The molecule has 2 N–H and O–H groups in total. The number of ether oxygens (including phenoxy) is 1. The molecule has 4 aromatic rings. The maximum atomic E-state index is 15.2. The maximum absolute atomic E-state index is 15.2. The van der Waals surface area contributed by atoms with Gasteiger partial charge in [-0.1, -0.05) is 0 Å². The van der Waals surface area contributed by atoms with Crippen molar-refractivity contribution >= 4 is 23.1 Å². The smallest absolute Gasteiger partial charge is 0.268 e. The Kier molecular flexibility index (Phi) is 6.98. The van der Waals surface area contributed by atoms with E-state index in [4.69, 9.17) is 4.74 Å². The molecule has 4 heterocycles. The monoisotopic (exact) mass is 564 g/mol. The van der Waals surface area contributed by atoms with Crippen LogP contribution in [-0.2, 0) is 16.9 Å². The molecule has 2 amide bonds. The number of pyridine rings is 1. The summed E-state index contributed by atoms with van der Waals surface area (Å²) in [6.45, 7) is 9.85. The van der Waals surface area contributed by atoms with Crippen LogP contribution in [0.15, 0.2) is 36.8 Å². The Bertz CT molecular complexity index is 1680. The predicted octanol–water partition coefficient (Wildman–Crippen LogP) is 4.06. The maximum Gasteiger partial charge on any atom is 0.268 e. The number of imidazole rings is 1. The molecule has 0 fully saturated rings. The number of nitrogens with one attached hydrogen (secondary N) is 1. The van der Waals surface area contributed by atoms with Crippen molar-refractivity contribution in [3.63, 3.8) is 0 Å². The van der Waals surface area contributed by atoms with E-state index in [9.17, 15) is 14.7 Å². The number of aryl methyl sites for hydroxylation is 1. The largest absolute Gasteiger partial charge is 0.476 e. The first-order valence-electron chi connectivity index (χ1n) is 13.1. The molecule has 41 heavy (non-hydrogen) atoms. The topological polar surface area (TPSA) is 122 Å². The number of amides is 2. The van der Waals surface area contributed by atoms with Crippen molar-refractivity contribution in [1.29, 1.82) is 0 Å². The third kappa shape index (κ3) is 5.22. The molecule has 1 aromatic carbocycles. The van der Waals surface area contributed by atoms with Gasteiger partial charge in [-0.25, -0.2) is 23.7 Å². The van der Waals surface area contributed by atoms with Crippen LogP contribution in [0.25, 0.3) is 16.8 Å². The van der Waals surface area contributed by atoms with Gasteiger partial charge in [0.1, 0.15) is 17.1 Å². The lowest BCUT2D eigenvalue weighted by molar-refractivity contribution is -0.125. The first-order chi connectivity index (χ1) is 19.2. The van der Waals surface area contributed by atoms with Gasteiger partial charge >= 0.3 is 0 Å². The van der Waals surface area contributed by atoms with Crippen molar-refractivity contribution in [2.45, 2.75) is 65.8 Å². The third-order valence-electron chi connectivity index (χ3n) is 6.73. The molecule has 0 radical (unpaired) electrons. The van der Waals surface area contributed by atoms with Crippen LogP contribution < -0.4 is 15.0 Å². The lowest BCUT2D eigenvalue weighted by atomic mass is 10.1. The van der Waals surface area contributed by atoms with Gasteiger partial charge in [0.25, 0.3) is 11.8 Å². The summed E-state index contributed by atoms with van der Waals surface area (Å²) in [4.78, 5) is 40.2. The molecule has 0 bridgehead atoms. The number of hydrogen-bond donors (Lipinski definition) is 2. The Morgan fingerprint density at radius 3 is 2.49 bits per heavy atom. The number of aliphatic hydroxyl groups is 1. The van der Waals surface area contributed by atoms with E-state index < -0.39 is 35.2 Å². The van der Waals surface area contributed by atoms with E-state index in [1.807, 2.05) is 0 Å². The second-order valence-corrected chi connectivity index (χ2v) is 10.9. The summed E-state index contributed by atoms with van der Waals surface area (Å²) >= 11 is 0. The normalized spacial score (nSPS) is 15.3. The first kappa shape index (κ1) is 28.1. The molecule has 1 aliphatic rings. The zero-order valence-electron chi connectivity index (χ0n) is 23.5. The van der Waals surface area contributed by atoms with Crippen molar-refractivity contribution in [3.8, 4) is 16.9 Å². The fourth-order valence-electron chi connectivity index (χ4n) is 4.67. The van der Waals surface area contributed by atoms with E-state index in [-0.39, 0.29) is 41.0 Å². The van der Waals surface area contributed by atoms with Crippen LogP contribution >= 0.6 is 0 Å². The Morgan fingerprint density at radius 2 is 1.85 bits per heavy atom. The van der Waals surface area contributed by atoms with Gasteiger partial charge in [-0.3, -0.25) is 14.5 Å². The van der Waals surface area contributed by atoms with Crippen LogP contribution in [0, 0.1) is 18.6 Å². The number of nitrogens with zero attached hydrogens (tertiary/aromatic N) is 5. The number of carbonyl (C=O) groups excluding carboxylic acids is 2. The van der Waals surface area contributed by atoms with Gasteiger partial charge in [0, 0.05) is 47.4 Å². The van der Waals surface area contributed by atoms with Crippen LogP contribution in [-0.4, -0.2) is 48.4 Å². The van der Waals surface area contributed by atoms with Crippen molar-refractivity contribution in [2.75, 3.05) is 4.90 Å². The summed E-state index contributed by atoms with van der Waals surface area (Å²) in [5.41, 5.74) is 0.812. The number of halogens is 2. The summed E-state index contributed by atoms with van der Waals surface area (Å²) in [5.74, 6) is -2.20. The molecule has 10 nitrogen and oxygen atoms in total. The molecule has 12 heteroatoms. The molecule has 1 aliphatic heterocycles. The van der Waals surface area contributed by atoms with E-state index in [0.717, 1.165) is 6.07 Å². The molecule has 5 rings (SSSR count). The van der Waals surface area contributed by atoms with E-state index in [1.54, 1.807) is 39.0 Å². The van der Waals surface area contributed by atoms with Crippen molar-refractivity contribution in [2.24, 2.45) is 0 Å². The minimum atomic E-state index is -1.26. The van der Waals surface area contributed by atoms with Gasteiger partial charge in [-0.2, -0.15) is 0 Å². The third-order valence-corrected chi connectivity index (χ3v) is 6.73. The summed E-state index contributed by atoms with van der Waals surface area (Å²) in [6.07, 6.45) is 3.39. The van der Waals surface area contributed by atoms with E-state index in [2.05, 4.69) is 20.3 Å². The highest BCUT2D eigenvalue weighted by Gasteiger charge is 2.35. The van der Waals surface area contributed by atoms with Crippen LogP contribution in [0.5, 0.6) is 5.75 Å². The van der Waals surface area contributed by atoms with E-state index in [1.165, 1.54) is 42.5 Å². The summed E-state index contributed by atoms with van der Waals surface area (Å²) in [6, 6.07) is 3.59. The Labute approximate surface area is 235 Å². The van der Waals surface area contributed by atoms with Gasteiger partial charge in [-0.15, -0.1) is 0 Å². The lowest BCUT2D eigenvalue weighted by Crippen LogP contribution is -2.44. The number of hydrogen-bond acceptors (Lipinski definition) is 7. The van der Waals surface area contributed by atoms with Gasteiger partial charge in [0.2, 0.25) is 0 Å². The minimum absolute atomic E-state index is 0.0413. The Balaban J connectivity index is 1.59. The average Bonchev–Trinajstić information content (AvgIpc) is 3.19. The summed E-state index contributed by atoms with van der Waals surface area (Å²) in [7, 11) is 0. The summed E-state index contributed by atoms with van der Waals surface area (Å²) in [5, 5.41) is 12.9. The van der Waals surface area contributed by atoms with Crippen molar-refractivity contribution in [1.82, 2.24) is 24.7 Å². The second-order valence-electron chi connectivity index (χ2n) is 10.9. The fourth-order valence-corrected chi connectivity index (χ4v) is 4.67. The molecule has 0 aliphatic carbocycles. The molecule has 1 atom stereocenters. The van der Waals surface area contributed by atoms with Crippen LogP contribution in [0.3, 0.4) is 0 Å². The highest BCUT2D eigenvalue weighted by molar-refractivity contribution is 6.02. The van der Waals surface area contributed by atoms with Gasteiger partial charge in [-0.05, 0) is 53.7 Å². The SMILES string of the molecule is Cc1nc2cc(F)c(-c3cnc(C(C)(C)O)nc3)cn2c1CN1C(=O)C(C)Oc2c(F)cc(C(=O)NC(C)C)cc21. The number of rotatable bonds is 6. The average molecular weight is 565 g/mol. The molecule has 0 saturated heterocycles. The standard InChI is InChI=1S/C29H30F2N6O4/c1-14(2)34-26(38)17-7-21(31)25-22(8-17)37(27(39)16(4)41-25)13-23-15(3)35-24-9-20(30)19(12-36(23)24)18-10-32-28(33-11-18)29(5,6)40/h7-12,14,16,40H,13H2,1-6H3,(H,34,38). The molecule has 1 unspecified atom stereocenters. The van der Waals surface area contributed by atoms with Gasteiger partial charge in [0.15, 0.2) is 23.5 Å². The highest BCUT2D eigenvalue weighted by atomic mass is 19.1. The van der Waals surface area contributed by atoms with Crippen molar-refractivity contribution in [3.05, 3.63) is 71.2 Å². The number of anilines is 1. The molecule has 0 spiro atoms. The fraction of sp³-hybridized carbons (Fsp3) is 0.345. The summed E-state index contributed by atoms with van der Waals surface area (Å²) < 4.78 is 37.6. The zero-order chi connectivity index (χ0) is 29.8. The van der Waals surface area contributed by atoms with E-state index >= 15 is 8.78 Å². The highest BCUT2D eigenvalue weighted by Crippen LogP contribution is 2.39. The van der Waals surface area contributed by atoms with Crippen LogP contribution in [0.2, 0.25) is 0 Å². The second kappa shape index (κ2) is 10.2. The lowest BCUT2D eigenvalue weighted by Gasteiger charge is -2.33. The molecule has 3 aromatic heterocycles. The molecule has 214 valence electrons. The molecular weight excluding hydrogens is 534 g/mol. The molecular formula is C29H30F2N6O4. The van der Waals surface area contributed by atoms with E-state index in [0.29, 0.717) is 22.6 Å². The minimum Gasteiger partial charge on any atom is -0.476 e. The van der Waals surface area contributed by atoms with Gasteiger partial charge in [0.05, 0.1) is 23.6 Å². The van der Waals surface area contributed by atoms with Gasteiger partial charge < -0.3 is 19.6 Å². The Morgan fingerprint density at radius 1 is 1.17 bits per heavy atom. The number of aromatic nitrogens is 4. The number of fused-ring (bicyclic) bond motifs is 2. The first-order valence-corrected chi connectivity index (χ1v) is 13.1. The quantitative estimate of drug-likeness (QED) is 0.362. The van der Waals surface area contributed by atoms with Crippen LogP contribution in [0.1, 0.15) is 62.2 Å². The number of benzene rings is 1. The van der Waals surface area contributed by atoms with Crippen LogP contribution in [0.4, 0.5) is 14.5 Å².